The minimum atomic E-state index is -0.125. The monoisotopic (exact) mass is 430 g/mol. The standard InChI is InChI=1S/C25H26N4O3/c1-28-14-19-12-17(13-26-25(19)27-23(30)16-28)8-11-24(31)29(2)15-21-20-7-5-4-6-18(20)9-10-22(21)32-3/h4-13H,14-16H2,1-3H3,(H,26,27,30)/b11-8+. The molecule has 2 amide bonds. The average Bonchev–Trinajstić information content (AvgIpc) is 2.93. The molecule has 0 radical (unpaired) electrons. The number of nitrogens with zero attached hydrogens (tertiary/aromatic N) is 3. The molecule has 1 aliphatic rings. The summed E-state index contributed by atoms with van der Waals surface area (Å²) in [7, 11) is 5.30. The van der Waals surface area contributed by atoms with E-state index in [1.165, 1.54) is 0 Å². The predicted molar refractivity (Wildman–Crippen MR) is 125 cm³/mol. The Labute approximate surface area is 187 Å². The number of fused-ring (bicyclic) bond motifs is 2. The van der Waals surface area contributed by atoms with Crippen molar-refractivity contribution in [1.82, 2.24) is 14.8 Å². The van der Waals surface area contributed by atoms with Gasteiger partial charge in [-0.25, -0.2) is 4.98 Å². The highest BCUT2D eigenvalue weighted by Crippen LogP contribution is 2.29. The third kappa shape index (κ3) is 4.63. The summed E-state index contributed by atoms with van der Waals surface area (Å²) >= 11 is 0. The van der Waals surface area contributed by atoms with Gasteiger partial charge in [0.15, 0.2) is 0 Å². The van der Waals surface area contributed by atoms with Gasteiger partial charge in [-0.15, -0.1) is 0 Å². The normalized spacial score (nSPS) is 14.2. The van der Waals surface area contributed by atoms with Gasteiger partial charge in [0.1, 0.15) is 11.6 Å². The summed E-state index contributed by atoms with van der Waals surface area (Å²) in [6, 6.07) is 14.0. The molecular formula is C25H26N4O3. The van der Waals surface area contributed by atoms with Gasteiger partial charge >= 0.3 is 0 Å². The molecule has 0 unspecified atom stereocenters. The van der Waals surface area contributed by atoms with Gasteiger partial charge < -0.3 is 15.0 Å². The number of carbonyl (C=O) groups is 2. The maximum Gasteiger partial charge on any atom is 0.246 e. The Kier molecular flexibility index (Phi) is 6.18. The zero-order valence-electron chi connectivity index (χ0n) is 18.5. The fourth-order valence-corrected chi connectivity index (χ4v) is 3.90. The number of aromatic nitrogens is 1. The maximum atomic E-state index is 12.8. The molecule has 0 saturated carbocycles. The number of likely N-dealkylation sites (N-methyl/N-ethyl adjacent to an activating group) is 2. The number of nitrogens with one attached hydrogen (secondary N) is 1. The highest BCUT2D eigenvalue weighted by Gasteiger charge is 2.18. The fraction of sp³-hybridized carbons (Fsp3) is 0.240. The SMILES string of the molecule is COc1ccc2ccccc2c1CN(C)C(=O)/C=C/c1cnc2c(c1)CN(C)CC(=O)N2. The molecule has 32 heavy (non-hydrogen) atoms. The Balaban J connectivity index is 1.51. The molecule has 1 aromatic heterocycles. The molecule has 1 N–H and O–H groups in total. The molecule has 0 atom stereocenters. The second kappa shape index (κ2) is 9.20. The minimum absolute atomic E-state index is 0.0808. The summed E-state index contributed by atoms with van der Waals surface area (Å²) in [5.41, 5.74) is 2.69. The van der Waals surface area contributed by atoms with E-state index in [4.69, 9.17) is 4.74 Å². The lowest BCUT2D eigenvalue weighted by atomic mass is 10.0. The largest absolute Gasteiger partial charge is 0.496 e. The lowest BCUT2D eigenvalue weighted by molar-refractivity contribution is -0.125. The Bertz CT molecular complexity index is 1210. The molecule has 3 aromatic rings. The highest BCUT2D eigenvalue weighted by molar-refractivity contribution is 5.94. The number of amides is 2. The zero-order valence-corrected chi connectivity index (χ0v) is 18.5. The fourth-order valence-electron chi connectivity index (χ4n) is 3.90. The zero-order chi connectivity index (χ0) is 22.7. The van der Waals surface area contributed by atoms with Crippen molar-refractivity contribution in [2.45, 2.75) is 13.1 Å². The van der Waals surface area contributed by atoms with Crippen LogP contribution in [0, 0.1) is 0 Å². The van der Waals surface area contributed by atoms with Gasteiger partial charge in [-0.1, -0.05) is 30.3 Å². The molecule has 0 fully saturated rings. The molecule has 1 aliphatic heterocycles. The van der Waals surface area contributed by atoms with Crippen LogP contribution in [0.15, 0.2) is 54.7 Å². The van der Waals surface area contributed by atoms with Gasteiger partial charge in [0.05, 0.1) is 13.7 Å². The van der Waals surface area contributed by atoms with Crippen molar-refractivity contribution in [3.63, 3.8) is 0 Å². The van der Waals surface area contributed by atoms with Crippen LogP contribution in [0.5, 0.6) is 5.75 Å². The molecule has 0 aliphatic carbocycles. The Morgan fingerprint density at radius 2 is 2.06 bits per heavy atom. The number of carbonyl (C=O) groups excluding carboxylic acids is 2. The van der Waals surface area contributed by atoms with Gasteiger partial charge in [0, 0.05) is 43.5 Å². The van der Waals surface area contributed by atoms with Crippen molar-refractivity contribution >= 4 is 34.5 Å². The number of anilines is 1. The van der Waals surface area contributed by atoms with Crippen LogP contribution in [0.1, 0.15) is 16.7 Å². The van der Waals surface area contributed by atoms with Crippen molar-refractivity contribution in [3.05, 3.63) is 71.4 Å². The number of pyridine rings is 1. The highest BCUT2D eigenvalue weighted by atomic mass is 16.5. The number of hydrogen-bond acceptors (Lipinski definition) is 5. The summed E-state index contributed by atoms with van der Waals surface area (Å²) in [6.07, 6.45) is 4.95. The topological polar surface area (TPSA) is 74.8 Å². The van der Waals surface area contributed by atoms with E-state index in [1.54, 1.807) is 37.4 Å². The number of hydrogen-bond donors (Lipinski definition) is 1. The van der Waals surface area contributed by atoms with E-state index in [1.807, 2.05) is 54.4 Å². The third-order valence-corrected chi connectivity index (χ3v) is 5.51. The summed E-state index contributed by atoms with van der Waals surface area (Å²) < 4.78 is 5.54. The Morgan fingerprint density at radius 1 is 1.25 bits per heavy atom. The quantitative estimate of drug-likeness (QED) is 0.629. The molecule has 4 rings (SSSR count). The van der Waals surface area contributed by atoms with Crippen LogP contribution in [0.3, 0.4) is 0 Å². The summed E-state index contributed by atoms with van der Waals surface area (Å²) in [6.45, 7) is 1.35. The minimum Gasteiger partial charge on any atom is -0.496 e. The van der Waals surface area contributed by atoms with Crippen LogP contribution in [0.4, 0.5) is 5.82 Å². The molecule has 2 heterocycles. The second-order valence-corrected chi connectivity index (χ2v) is 7.99. The van der Waals surface area contributed by atoms with Gasteiger partial charge in [-0.3, -0.25) is 14.5 Å². The summed E-state index contributed by atoms with van der Waals surface area (Å²) in [4.78, 5) is 32.6. The van der Waals surface area contributed by atoms with Gasteiger partial charge in [-0.2, -0.15) is 0 Å². The molecule has 0 bridgehead atoms. The van der Waals surface area contributed by atoms with Gasteiger partial charge in [0.25, 0.3) is 0 Å². The first-order valence-electron chi connectivity index (χ1n) is 10.4. The first kappa shape index (κ1) is 21.5. The lowest BCUT2D eigenvalue weighted by Crippen LogP contribution is -2.26. The third-order valence-electron chi connectivity index (χ3n) is 5.51. The van der Waals surface area contributed by atoms with Crippen LogP contribution in [-0.2, 0) is 22.7 Å². The van der Waals surface area contributed by atoms with E-state index in [0.29, 0.717) is 25.5 Å². The molecule has 0 saturated heterocycles. The van der Waals surface area contributed by atoms with Crippen LogP contribution in [-0.4, -0.2) is 54.3 Å². The van der Waals surface area contributed by atoms with Crippen molar-refractivity contribution in [3.8, 4) is 5.75 Å². The van der Waals surface area contributed by atoms with E-state index in [2.05, 4.69) is 10.3 Å². The van der Waals surface area contributed by atoms with Crippen molar-refractivity contribution < 1.29 is 14.3 Å². The van der Waals surface area contributed by atoms with Crippen molar-refractivity contribution in [2.75, 3.05) is 33.1 Å². The second-order valence-electron chi connectivity index (χ2n) is 7.99. The lowest BCUT2D eigenvalue weighted by Gasteiger charge is -2.19. The number of methoxy groups -OCH3 is 1. The van der Waals surface area contributed by atoms with Crippen LogP contribution < -0.4 is 10.1 Å². The molecule has 164 valence electrons. The van der Waals surface area contributed by atoms with E-state index >= 15 is 0 Å². The van der Waals surface area contributed by atoms with E-state index in [0.717, 1.165) is 33.2 Å². The summed E-state index contributed by atoms with van der Waals surface area (Å²) in [5, 5.41) is 4.98. The first-order chi connectivity index (χ1) is 15.4. The van der Waals surface area contributed by atoms with Gasteiger partial charge in [-0.05, 0) is 41.6 Å². The summed E-state index contributed by atoms with van der Waals surface area (Å²) in [5.74, 6) is 1.12. The smallest absolute Gasteiger partial charge is 0.246 e. The van der Waals surface area contributed by atoms with Crippen molar-refractivity contribution in [2.24, 2.45) is 0 Å². The van der Waals surface area contributed by atoms with E-state index in [-0.39, 0.29) is 11.8 Å². The van der Waals surface area contributed by atoms with E-state index in [9.17, 15) is 9.59 Å². The molecule has 7 heteroatoms. The van der Waals surface area contributed by atoms with Crippen molar-refractivity contribution in [1.29, 1.82) is 0 Å². The van der Waals surface area contributed by atoms with Crippen LogP contribution in [0.25, 0.3) is 16.8 Å². The predicted octanol–water partition coefficient (Wildman–Crippen LogP) is 3.30. The number of benzene rings is 2. The Morgan fingerprint density at radius 3 is 2.88 bits per heavy atom. The molecule has 0 spiro atoms. The number of rotatable bonds is 5. The van der Waals surface area contributed by atoms with Crippen LogP contribution in [0.2, 0.25) is 0 Å². The molecule has 7 nitrogen and oxygen atoms in total. The first-order valence-corrected chi connectivity index (χ1v) is 10.4. The Hall–Kier alpha value is -3.71. The molecule has 2 aromatic carbocycles. The van der Waals surface area contributed by atoms with Gasteiger partial charge in [0.2, 0.25) is 11.8 Å². The number of ether oxygens (including phenoxy) is 1. The average molecular weight is 431 g/mol. The van der Waals surface area contributed by atoms with Crippen LogP contribution >= 0.6 is 0 Å². The molecular weight excluding hydrogens is 404 g/mol. The van der Waals surface area contributed by atoms with E-state index < -0.39 is 0 Å². The maximum absolute atomic E-state index is 12.8.